The molecule has 0 amide bonds. The lowest BCUT2D eigenvalue weighted by molar-refractivity contribution is 0.508. The molecule has 1 aromatic heterocycles. The molecule has 3 rings (SSSR count). The fourth-order valence-electron chi connectivity index (χ4n) is 2.23. The zero-order valence-electron chi connectivity index (χ0n) is 10.9. The molecular formula is C15H10ClF3N2. The number of fused-ring (bicyclic) bond motifs is 1. The van der Waals surface area contributed by atoms with Gasteiger partial charge in [-0.1, -0.05) is 0 Å². The molecule has 0 fully saturated rings. The van der Waals surface area contributed by atoms with E-state index < -0.39 is 22.8 Å². The molecule has 6 heteroatoms. The highest BCUT2D eigenvalue weighted by Gasteiger charge is 2.17. The van der Waals surface area contributed by atoms with Gasteiger partial charge in [-0.3, -0.25) is 4.57 Å². The van der Waals surface area contributed by atoms with E-state index in [1.165, 1.54) is 24.3 Å². The number of nitrogens with zero attached hydrogens (tertiary/aromatic N) is 2. The first-order chi connectivity index (χ1) is 9.97. The van der Waals surface area contributed by atoms with Crippen molar-refractivity contribution >= 4 is 22.6 Å². The van der Waals surface area contributed by atoms with Crippen LogP contribution >= 0.6 is 11.6 Å². The smallest absolute Gasteiger partial charge is 0.160 e. The van der Waals surface area contributed by atoms with Gasteiger partial charge in [0.2, 0.25) is 0 Å². The normalized spacial score (nSPS) is 12.8. The number of imidazole rings is 1. The number of rotatable bonds is 2. The Morgan fingerprint density at radius 2 is 1.81 bits per heavy atom. The van der Waals surface area contributed by atoms with E-state index >= 15 is 0 Å². The molecule has 0 bridgehead atoms. The first-order valence-corrected chi connectivity index (χ1v) is 6.68. The maximum atomic E-state index is 13.5. The molecule has 1 unspecified atom stereocenters. The van der Waals surface area contributed by atoms with Crippen LogP contribution in [-0.2, 0) is 0 Å². The molecule has 0 saturated heterocycles. The summed E-state index contributed by atoms with van der Waals surface area (Å²) in [5.74, 6) is -1.89. The van der Waals surface area contributed by atoms with E-state index in [0.29, 0.717) is 22.5 Å². The Bertz CT molecular complexity index is 827. The van der Waals surface area contributed by atoms with Gasteiger partial charge in [-0.15, -0.1) is 11.6 Å². The molecule has 0 aliphatic heterocycles. The predicted octanol–water partition coefficient (Wildman–Crippen LogP) is 4.74. The number of hydrogen-bond acceptors (Lipinski definition) is 1. The molecule has 0 N–H and O–H groups in total. The molecule has 0 aliphatic carbocycles. The number of aromatic nitrogens is 2. The Morgan fingerprint density at radius 1 is 1.05 bits per heavy atom. The highest BCUT2D eigenvalue weighted by atomic mass is 35.5. The summed E-state index contributed by atoms with van der Waals surface area (Å²) in [5, 5.41) is -0.478. The maximum absolute atomic E-state index is 13.5. The number of hydrogen-bond donors (Lipinski definition) is 0. The SMILES string of the molecule is CC(Cl)c1nc2cc(F)ccc2n1-c1ccc(F)c(F)c1. The maximum Gasteiger partial charge on any atom is 0.160 e. The Morgan fingerprint density at radius 3 is 2.48 bits per heavy atom. The standard InChI is InChI=1S/C15H10ClF3N2/c1-8(16)15-20-13-6-9(17)2-5-14(13)21(15)10-3-4-11(18)12(19)7-10/h2-8H,1H3. The van der Waals surface area contributed by atoms with Gasteiger partial charge in [-0.05, 0) is 31.2 Å². The second kappa shape index (κ2) is 5.07. The van der Waals surface area contributed by atoms with Gasteiger partial charge >= 0.3 is 0 Å². The summed E-state index contributed by atoms with van der Waals surface area (Å²) < 4.78 is 41.5. The first-order valence-electron chi connectivity index (χ1n) is 6.25. The van der Waals surface area contributed by atoms with Crippen molar-refractivity contribution < 1.29 is 13.2 Å². The molecule has 21 heavy (non-hydrogen) atoms. The minimum atomic E-state index is -0.968. The van der Waals surface area contributed by atoms with Gasteiger partial charge in [0.05, 0.1) is 22.1 Å². The molecule has 1 atom stereocenters. The molecule has 2 aromatic carbocycles. The van der Waals surface area contributed by atoms with Crippen molar-refractivity contribution in [2.75, 3.05) is 0 Å². The third-order valence-electron chi connectivity index (χ3n) is 3.16. The van der Waals surface area contributed by atoms with Crippen molar-refractivity contribution in [3.05, 3.63) is 59.7 Å². The lowest BCUT2D eigenvalue weighted by atomic mass is 10.2. The van der Waals surface area contributed by atoms with Crippen LogP contribution in [0.25, 0.3) is 16.7 Å². The second-order valence-corrected chi connectivity index (χ2v) is 5.31. The van der Waals surface area contributed by atoms with Gasteiger partial charge < -0.3 is 0 Å². The predicted molar refractivity (Wildman–Crippen MR) is 75.2 cm³/mol. The minimum absolute atomic E-state index is 0.380. The lowest BCUT2D eigenvalue weighted by Crippen LogP contribution is -2.03. The molecule has 0 radical (unpaired) electrons. The molecule has 0 aliphatic rings. The van der Waals surface area contributed by atoms with Crippen molar-refractivity contribution in [1.29, 1.82) is 0 Å². The van der Waals surface area contributed by atoms with Crippen LogP contribution < -0.4 is 0 Å². The largest absolute Gasteiger partial charge is 0.295 e. The molecule has 2 nitrogen and oxygen atoms in total. The highest BCUT2D eigenvalue weighted by Crippen LogP contribution is 2.29. The van der Waals surface area contributed by atoms with Crippen molar-refractivity contribution in [2.24, 2.45) is 0 Å². The summed E-state index contributed by atoms with van der Waals surface area (Å²) in [5.41, 5.74) is 1.36. The average molecular weight is 311 g/mol. The van der Waals surface area contributed by atoms with E-state index in [2.05, 4.69) is 4.98 Å². The number of alkyl halides is 1. The monoisotopic (exact) mass is 310 g/mol. The topological polar surface area (TPSA) is 17.8 Å². The van der Waals surface area contributed by atoms with Gasteiger partial charge in [-0.25, -0.2) is 18.2 Å². The summed E-state index contributed by atoms with van der Waals surface area (Å²) in [6, 6.07) is 7.59. The number of benzene rings is 2. The summed E-state index contributed by atoms with van der Waals surface area (Å²) in [6.45, 7) is 1.70. The third-order valence-corrected chi connectivity index (χ3v) is 3.35. The fourth-order valence-corrected chi connectivity index (χ4v) is 2.38. The molecule has 0 saturated carbocycles. The van der Waals surface area contributed by atoms with Crippen molar-refractivity contribution in [2.45, 2.75) is 12.3 Å². The van der Waals surface area contributed by atoms with Gasteiger partial charge in [-0.2, -0.15) is 0 Å². The van der Waals surface area contributed by atoms with Crippen LogP contribution in [0.3, 0.4) is 0 Å². The Hall–Kier alpha value is -2.01. The second-order valence-electron chi connectivity index (χ2n) is 4.65. The summed E-state index contributed by atoms with van der Waals surface area (Å²) >= 11 is 6.10. The quantitative estimate of drug-likeness (QED) is 0.625. The minimum Gasteiger partial charge on any atom is -0.295 e. The molecular weight excluding hydrogens is 301 g/mol. The summed E-state index contributed by atoms with van der Waals surface area (Å²) in [6.07, 6.45) is 0. The Balaban J connectivity index is 2.33. The van der Waals surface area contributed by atoms with E-state index in [1.807, 2.05) is 0 Å². The summed E-state index contributed by atoms with van der Waals surface area (Å²) in [7, 11) is 0. The van der Waals surface area contributed by atoms with Crippen LogP contribution in [-0.4, -0.2) is 9.55 Å². The van der Waals surface area contributed by atoms with E-state index in [0.717, 1.165) is 12.1 Å². The van der Waals surface area contributed by atoms with Crippen LogP contribution in [0.15, 0.2) is 36.4 Å². The van der Waals surface area contributed by atoms with Crippen molar-refractivity contribution in [3.63, 3.8) is 0 Å². The van der Waals surface area contributed by atoms with Crippen molar-refractivity contribution in [3.8, 4) is 5.69 Å². The first kappa shape index (κ1) is 13.9. The van der Waals surface area contributed by atoms with E-state index in [4.69, 9.17) is 11.6 Å². The van der Waals surface area contributed by atoms with Gasteiger partial charge in [0.1, 0.15) is 11.6 Å². The van der Waals surface area contributed by atoms with E-state index in [9.17, 15) is 13.2 Å². The Kier molecular flexibility index (Phi) is 3.37. The molecule has 108 valence electrons. The molecule has 3 aromatic rings. The van der Waals surface area contributed by atoms with E-state index in [-0.39, 0.29) is 0 Å². The fraction of sp³-hybridized carbons (Fsp3) is 0.133. The molecule has 0 spiro atoms. The van der Waals surface area contributed by atoms with Crippen LogP contribution in [0.4, 0.5) is 13.2 Å². The van der Waals surface area contributed by atoms with Crippen LogP contribution in [0.1, 0.15) is 18.1 Å². The molecule has 1 heterocycles. The van der Waals surface area contributed by atoms with Gasteiger partial charge in [0.15, 0.2) is 11.6 Å². The number of halogens is 4. The zero-order valence-corrected chi connectivity index (χ0v) is 11.7. The zero-order chi connectivity index (χ0) is 15.1. The van der Waals surface area contributed by atoms with Crippen LogP contribution in [0.5, 0.6) is 0 Å². The summed E-state index contributed by atoms with van der Waals surface area (Å²) in [4.78, 5) is 4.28. The lowest BCUT2D eigenvalue weighted by Gasteiger charge is -2.11. The van der Waals surface area contributed by atoms with Crippen molar-refractivity contribution in [1.82, 2.24) is 9.55 Å². The van der Waals surface area contributed by atoms with Crippen LogP contribution in [0.2, 0.25) is 0 Å². The van der Waals surface area contributed by atoms with Gasteiger partial charge in [0, 0.05) is 12.1 Å². The highest BCUT2D eigenvalue weighted by molar-refractivity contribution is 6.20. The average Bonchev–Trinajstić information content (AvgIpc) is 2.80. The van der Waals surface area contributed by atoms with Gasteiger partial charge in [0.25, 0.3) is 0 Å². The third kappa shape index (κ3) is 2.38. The Labute approximate surface area is 123 Å². The van der Waals surface area contributed by atoms with Crippen LogP contribution in [0, 0.1) is 17.5 Å². The van der Waals surface area contributed by atoms with E-state index in [1.54, 1.807) is 11.5 Å².